The first-order valence-electron chi connectivity index (χ1n) is 5.79. The van der Waals surface area contributed by atoms with E-state index in [-0.39, 0.29) is 0 Å². The van der Waals surface area contributed by atoms with Crippen molar-refractivity contribution in [3.63, 3.8) is 0 Å². The van der Waals surface area contributed by atoms with Gasteiger partial charge in [-0.1, -0.05) is 42.5 Å². The number of hydrogen-bond acceptors (Lipinski definition) is 1. The van der Waals surface area contributed by atoms with Gasteiger partial charge in [-0.3, -0.25) is 0 Å². The SMILES string of the molecule is Nc1cc(-c2ccccc2)ccc1C1CC1. The van der Waals surface area contributed by atoms with Gasteiger partial charge in [0.15, 0.2) is 0 Å². The smallest absolute Gasteiger partial charge is 0.0355 e. The van der Waals surface area contributed by atoms with Crippen LogP contribution in [-0.4, -0.2) is 0 Å². The minimum atomic E-state index is 0.727. The van der Waals surface area contributed by atoms with Crippen molar-refractivity contribution in [1.29, 1.82) is 0 Å². The lowest BCUT2D eigenvalue weighted by Gasteiger charge is -2.07. The third kappa shape index (κ3) is 1.69. The Kier molecular flexibility index (Phi) is 2.17. The number of nitrogens with two attached hydrogens (primary N) is 1. The van der Waals surface area contributed by atoms with Gasteiger partial charge in [0.1, 0.15) is 0 Å². The lowest BCUT2D eigenvalue weighted by atomic mass is 10.0. The van der Waals surface area contributed by atoms with Gasteiger partial charge in [0, 0.05) is 5.69 Å². The van der Waals surface area contributed by atoms with Crippen LogP contribution in [0.3, 0.4) is 0 Å². The average molecular weight is 209 g/mol. The Balaban J connectivity index is 2.00. The maximum Gasteiger partial charge on any atom is 0.0355 e. The van der Waals surface area contributed by atoms with E-state index in [4.69, 9.17) is 5.73 Å². The molecule has 0 aliphatic heterocycles. The Bertz CT molecular complexity index is 498. The summed E-state index contributed by atoms with van der Waals surface area (Å²) in [6, 6.07) is 16.8. The molecule has 1 saturated carbocycles. The molecule has 1 aliphatic carbocycles. The molecule has 2 N–H and O–H groups in total. The molecule has 0 saturated heterocycles. The average Bonchev–Trinajstić information content (AvgIpc) is 3.14. The number of benzene rings is 2. The van der Waals surface area contributed by atoms with Crippen LogP contribution in [0.25, 0.3) is 11.1 Å². The van der Waals surface area contributed by atoms with E-state index in [1.807, 2.05) is 6.07 Å². The molecular weight excluding hydrogens is 194 g/mol. The molecule has 16 heavy (non-hydrogen) atoms. The highest BCUT2D eigenvalue weighted by atomic mass is 14.6. The summed E-state index contributed by atoms with van der Waals surface area (Å²) in [6.07, 6.45) is 2.60. The summed E-state index contributed by atoms with van der Waals surface area (Å²) < 4.78 is 0. The van der Waals surface area contributed by atoms with Gasteiger partial charge in [-0.25, -0.2) is 0 Å². The predicted octanol–water partition coefficient (Wildman–Crippen LogP) is 3.81. The van der Waals surface area contributed by atoms with Crippen molar-refractivity contribution in [2.75, 3.05) is 5.73 Å². The molecule has 1 aliphatic rings. The standard InChI is InChI=1S/C15H15N/c16-15-10-13(11-4-2-1-3-5-11)8-9-14(15)12-6-7-12/h1-5,8-10,12H,6-7,16H2. The highest BCUT2D eigenvalue weighted by Crippen LogP contribution is 2.43. The molecule has 0 spiro atoms. The quantitative estimate of drug-likeness (QED) is 0.748. The second-order valence-electron chi connectivity index (χ2n) is 4.48. The highest BCUT2D eigenvalue weighted by Gasteiger charge is 2.25. The molecule has 0 radical (unpaired) electrons. The maximum atomic E-state index is 6.10. The van der Waals surface area contributed by atoms with Crippen LogP contribution in [0.5, 0.6) is 0 Å². The Labute approximate surface area is 95.9 Å². The van der Waals surface area contributed by atoms with Gasteiger partial charge < -0.3 is 5.73 Å². The molecule has 1 nitrogen and oxygen atoms in total. The van der Waals surface area contributed by atoms with E-state index >= 15 is 0 Å². The number of rotatable bonds is 2. The van der Waals surface area contributed by atoms with Crippen LogP contribution in [0.2, 0.25) is 0 Å². The summed E-state index contributed by atoms with van der Waals surface area (Å²) in [5.74, 6) is 0.727. The molecule has 2 aromatic rings. The first-order valence-corrected chi connectivity index (χ1v) is 5.79. The summed E-state index contributed by atoms with van der Waals surface area (Å²) in [5, 5.41) is 0. The Hall–Kier alpha value is -1.76. The van der Waals surface area contributed by atoms with Crippen LogP contribution >= 0.6 is 0 Å². The van der Waals surface area contributed by atoms with Crippen molar-refractivity contribution in [2.24, 2.45) is 0 Å². The fraction of sp³-hybridized carbons (Fsp3) is 0.200. The maximum absolute atomic E-state index is 6.10. The molecule has 0 heterocycles. The second kappa shape index (κ2) is 3.67. The Morgan fingerprint density at radius 3 is 2.25 bits per heavy atom. The van der Waals surface area contributed by atoms with Gasteiger partial charge in [-0.15, -0.1) is 0 Å². The lowest BCUT2D eigenvalue weighted by molar-refractivity contribution is 1.14. The number of hydrogen-bond donors (Lipinski definition) is 1. The molecule has 1 heteroatoms. The number of anilines is 1. The monoisotopic (exact) mass is 209 g/mol. The van der Waals surface area contributed by atoms with Crippen molar-refractivity contribution < 1.29 is 0 Å². The largest absolute Gasteiger partial charge is 0.398 e. The van der Waals surface area contributed by atoms with E-state index < -0.39 is 0 Å². The normalized spacial score (nSPS) is 15.0. The first kappa shape index (κ1) is 9.46. The van der Waals surface area contributed by atoms with Crippen LogP contribution in [0, 0.1) is 0 Å². The van der Waals surface area contributed by atoms with Crippen molar-refractivity contribution in [3.05, 3.63) is 54.1 Å². The predicted molar refractivity (Wildman–Crippen MR) is 68.3 cm³/mol. The molecule has 3 rings (SSSR count). The Morgan fingerprint density at radius 1 is 0.875 bits per heavy atom. The zero-order valence-electron chi connectivity index (χ0n) is 9.19. The summed E-state index contributed by atoms with van der Waals surface area (Å²) >= 11 is 0. The van der Waals surface area contributed by atoms with Gasteiger partial charge in [0.05, 0.1) is 0 Å². The fourth-order valence-electron chi connectivity index (χ4n) is 2.15. The topological polar surface area (TPSA) is 26.0 Å². The minimum Gasteiger partial charge on any atom is -0.398 e. The van der Waals surface area contributed by atoms with Crippen LogP contribution in [0.4, 0.5) is 5.69 Å². The van der Waals surface area contributed by atoms with Gasteiger partial charge in [-0.2, -0.15) is 0 Å². The van der Waals surface area contributed by atoms with Crippen molar-refractivity contribution in [1.82, 2.24) is 0 Å². The van der Waals surface area contributed by atoms with Crippen LogP contribution in [0.15, 0.2) is 48.5 Å². The zero-order valence-corrected chi connectivity index (χ0v) is 9.19. The van der Waals surface area contributed by atoms with Crippen molar-refractivity contribution >= 4 is 5.69 Å². The van der Waals surface area contributed by atoms with Crippen molar-refractivity contribution in [2.45, 2.75) is 18.8 Å². The molecule has 2 aromatic carbocycles. The summed E-state index contributed by atoms with van der Waals surface area (Å²) in [5.41, 5.74) is 10.8. The first-order chi connectivity index (χ1) is 7.84. The van der Waals surface area contributed by atoms with Gasteiger partial charge >= 0.3 is 0 Å². The van der Waals surface area contributed by atoms with E-state index in [0.29, 0.717) is 0 Å². The number of nitrogen functional groups attached to an aromatic ring is 1. The minimum absolute atomic E-state index is 0.727. The van der Waals surface area contributed by atoms with Gasteiger partial charge in [0.25, 0.3) is 0 Å². The molecule has 0 bridgehead atoms. The van der Waals surface area contributed by atoms with E-state index in [1.165, 1.54) is 29.5 Å². The molecule has 80 valence electrons. The van der Waals surface area contributed by atoms with E-state index in [1.54, 1.807) is 0 Å². The molecular formula is C15H15N. The second-order valence-corrected chi connectivity index (χ2v) is 4.48. The molecule has 1 fully saturated rings. The highest BCUT2D eigenvalue weighted by molar-refractivity contribution is 5.69. The van der Waals surface area contributed by atoms with Crippen molar-refractivity contribution in [3.8, 4) is 11.1 Å². The Morgan fingerprint density at radius 2 is 1.62 bits per heavy atom. The van der Waals surface area contributed by atoms with Crippen LogP contribution in [0.1, 0.15) is 24.3 Å². The van der Waals surface area contributed by atoms with Gasteiger partial charge in [-0.05, 0) is 41.5 Å². The fourth-order valence-corrected chi connectivity index (χ4v) is 2.15. The zero-order chi connectivity index (χ0) is 11.0. The van der Waals surface area contributed by atoms with E-state index in [9.17, 15) is 0 Å². The summed E-state index contributed by atoms with van der Waals surface area (Å²) in [6.45, 7) is 0. The van der Waals surface area contributed by atoms with E-state index in [2.05, 4.69) is 42.5 Å². The van der Waals surface area contributed by atoms with Crippen LogP contribution in [-0.2, 0) is 0 Å². The summed E-state index contributed by atoms with van der Waals surface area (Å²) in [7, 11) is 0. The molecule has 0 unspecified atom stereocenters. The third-order valence-corrected chi connectivity index (χ3v) is 3.21. The van der Waals surface area contributed by atoms with Gasteiger partial charge in [0.2, 0.25) is 0 Å². The lowest BCUT2D eigenvalue weighted by Crippen LogP contribution is -1.92. The molecule has 0 amide bonds. The van der Waals surface area contributed by atoms with Crippen LogP contribution < -0.4 is 5.73 Å². The summed E-state index contributed by atoms with van der Waals surface area (Å²) in [4.78, 5) is 0. The molecule has 0 atom stereocenters. The van der Waals surface area contributed by atoms with E-state index in [0.717, 1.165) is 11.6 Å². The third-order valence-electron chi connectivity index (χ3n) is 3.21. The molecule has 0 aromatic heterocycles.